The normalized spacial score (nSPS) is 10.2. The van der Waals surface area contributed by atoms with Crippen LogP contribution in [0, 0.1) is 37.0 Å². The molecule has 0 spiro atoms. The van der Waals surface area contributed by atoms with E-state index in [1.165, 1.54) is 0 Å². The molecule has 0 saturated heterocycles. The number of hydrogen-bond donors (Lipinski definition) is 0. The molecule has 0 heterocycles. The Morgan fingerprint density at radius 2 is 0.556 bits per heavy atom. The molecule has 116 valence electrons. The summed E-state index contributed by atoms with van der Waals surface area (Å²) in [7, 11) is 0. The fraction of sp³-hybridized carbons (Fsp3) is 0.800. The topological polar surface area (TPSA) is 17.1 Å². The molecule has 0 rings (SSSR count). The van der Waals surface area contributed by atoms with Gasteiger partial charge in [-0.05, 0) is 0 Å². The van der Waals surface area contributed by atoms with Crippen LogP contribution in [0.5, 0.6) is 0 Å². The first-order chi connectivity index (χ1) is 7.00. The molecule has 0 N–H and O–H groups in total. The van der Waals surface area contributed by atoms with Crippen LogP contribution in [0.4, 0.5) is 0 Å². The SMILES string of the molecule is Br.[CH2-]C(C)(C)C.[CH2-]C(C)(C)C.[CH2-]C(C)(C)C.[O]=[W]. The van der Waals surface area contributed by atoms with Gasteiger partial charge < -0.3 is 20.8 Å². The van der Waals surface area contributed by atoms with E-state index < -0.39 is 0 Å². The fourth-order valence-corrected chi connectivity index (χ4v) is 0. The van der Waals surface area contributed by atoms with Crippen molar-refractivity contribution in [3.63, 3.8) is 0 Å². The van der Waals surface area contributed by atoms with Crippen molar-refractivity contribution < 1.29 is 23.2 Å². The predicted molar refractivity (Wildman–Crippen MR) is 85.4 cm³/mol. The zero-order valence-electron chi connectivity index (χ0n) is 13.8. The van der Waals surface area contributed by atoms with Crippen molar-refractivity contribution in [3.8, 4) is 0 Å². The summed E-state index contributed by atoms with van der Waals surface area (Å²) in [4.78, 5) is 0. The molecule has 0 aliphatic carbocycles. The second-order valence-corrected chi connectivity index (χ2v) is 7.68. The van der Waals surface area contributed by atoms with Crippen molar-refractivity contribution >= 4 is 17.0 Å². The summed E-state index contributed by atoms with van der Waals surface area (Å²) < 4.78 is 8.33. The average Bonchev–Trinajstić information content (AvgIpc) is 1.77. The van der Waals surface area contributed by atoms with Gasteiger partial charge in [-0.3, -0.25) is 0 Å². The van der Waals surface area contributed by atoms with E-state index >= 15 is 0 Å². The van der Waals surface area contributed by atoms with Crippen LogP contribution in [0.3, 0.4) is 0 Å². The number of halogens is 1. The van der Waals surface area contributed by atoms with Gasteiger partial charge in [0.1, 0.15) is 0 Å². The van der Waals surface area contributed by atoms with Gasteiger partial charge in [-0.15, -0.1) is 17.0 Å². The van der Waals surface area contributed by atoms with Crippen molar-refractivity contribution in [3.05, 3.63) is 20.8 Å². The summed E-state index contributed by atoms with van der Waals surface area (Å²) >= 11 is 0.333. The Morgan fingerprint density at radius 3 is 0.556 bits per heavy atom. The second-order valence-electron chi connectivity index (χ2n) is 7.68. The van der Waals surface area contributed by atoms with Crippen LogP contribution in [-0.4, -0.2) is 0 Å². The fourth-order valence-electron chi connectivity index (χ4n) is 0. The third-order valence-electron chi connectivity index (χ3n) is 0. The summed E-state index contributed by atoms with van der Waals surface area (Å²) in [5, 5.41) is 0. The van der Waals surface area contributed by atoms with Crippen LogP contribution >= 0.6 is 17.0 Å². The van der Waals surface area contributed by atoms with E-state index in [-0.39, 0.29) is 33.2 Å². The number of rotatable bonds is 0. The Hall–Kier alpha value is 0.968. The molecule has 0 saturated carbocycles. The van der Waals surface area contributed by atoms with Crippen LogP contribution in [0.25, 0.3) is 0 Å². The third-order valence-corrected chi connectivity index (χ3v) is 0. The minimum absolute atomic E-state index is 0. The summed E-state index contributed by atoms with van der Waals surface area (Å²) in [5.74, 6) is 0. The van der Waals surface area contributed by atoms with E-state index in [0.29, 0.717) is 19.8 Å². The molecule has 3 heteroatoms. The van der Waals surface area contributed by atoms with Gasteiger partial charge in [0.15, 0.2) is 0 Å². The van der Waals surface area contributed by atoms with Crippen molar-refractivity contribution in [2.24, 2.45) is 16.2 Å². The Morgan fingerprint density at radius 1 is 0.556 bits per heavy atom. The zero-order chi connectivity index (χ0) is 15.5. The first kappa shape index (κ1) is 31.4. The molecule has 18 heavy (non-hydrogen) atoms. The van der Waals surface area contributed by atoms with E-state index in [1.807, 2.05) is 0 Å². The predicted octanol–water partition coefficient (Wildman–Crippen LogP) is 6.06. The first-order valence-corrected chi connectivity index (χ1v) is 6.92. The van der Waals surface area contributed by atoms with Crippen LogP contribution in [0.1, 0.15) is 62.3 Å². The maximum atomic E-state index is 8.33. The van der Waals surface area contributed by atoms with Gasteiger partial charge in [0.05, 0.1) is 0 Å². The maximum absolute atomic E-state index is 8.33. The summed E-state index contributed by atoms with van der Waals surface area (Å²) in [5.41, 5.74) is 0.750. The minimum atomic E-state index is 0. The molecule has 0 radical (unpaired) electrons. The van der Waals surface area contributed by atoms with Crippen LogP contribution < -0.4 is 0 Å². The molecule has 0 atom stereocenters. The Kier molecular flexibility index (Phi) is 25.1. The van der Waals surface area contributed by atoms with E-state index in [2.05, 4.69) is 83.1 Å². The van der Waals surface area contributed by atoms with Gasteiger partial charge in [-0.1, -0.05) is 62.3 Å². The Labute approximate surface area is 139 Å². The number of hydrogen-bond acceptors (Lipinski definition) is 1. The third kappa shape index (κ3) is 4610. The van der Waals surface area contributed by atoms with E-state index in [0.717, 1.165) is 0 Å². The molecule has 0 amide bonds. The van der Waals surface area contributed by atoms with E-state index in [4.69, 9.17) is 3.40 Å². The van der Waals surface area contributed by atoms with Gasteiger partial charge >= 0.3 is 23.2 Å². The standard InChI is InChI=1S/3C5H11.BrH.O.W/c3*1-5(2,3)4;;;/h3*1H2,2-4H3;1H;;/q3*-1;;;. The van der Waals surface area contributed by atoms with E-state index in [9.17, 15) is 0 Å². The van der Waals surface area contributed by atoms with Crippen molar-refractivity contribution in [1.82, 2.24) is 0 Å². The van der Waals surface area contributed by atoms with Gasteiger partial charge in [0.25, 0.3) is 0 Å². The zero-order valence-corrected chi connectivity index (χ0v) is 18.5. The first-order valence-electron chi connectivity index (χ1n) is 5.73. The molecule has 0 aromatic carbocycles. The molecule has 0 unspecified atom stereocenters. The Bertz CT molecular complexity index is 103. The molecule has 0 aromatic rings. The van der Waals surface area contributed by atoms with Crippen LogP contribution in [-0.2, 0) is 23.2 Å². The molecule has 0 aliphatic heterocycles. The van der Waals surface area contributed by atoms with E-state index in [1.54, 1.807) is 0 Å². The molecule has 0 aromatic heterocycles. The molecule has 0 bridgehead atoms. The van der Waals surface area contributed by atoms with Gasteiger partial charge in [-0.25, -0.2) is 0 Å². The van der Waals surface area contributed by atoms with Gasteiger partial charge in [0, 0.05) is 0 Å². The molecule has 1 nitrogen and oxygen atoms in total. The second kappa shape index (κ2) is 14.4. The van der Waals surface area contributed by atoms with Crippen molar-refractivity contribution in [2.45, 2.75) is 62.3 Å². The molecular formula is C15H34BrOW-3. The van der Waals surface area contributed by atoms with Gasteiger partial charge in [-0.2, -0.15) is 16.2 Å². The quantitative estimate of drug-likeness (QED) is 0.375. The molecule has 0 fully saturated rings. The van der Waals surface area contributed by atoms with Crippen molar-refractivity contribution in [1.29, 1.82) is 0 Å². The van der Waals surface area contributed by atoms with Crippen LogP contribution in [0.2, 0.25) is 0 Å². The average molecular weight is 494 g/mol. The summed E-state index contributed by atoms with van der Waals surface area (Å²) in [6.45, 7) is 30.0. The van der Waals surface area contributed by atoms with Crippen LogP contribution in [0.15, 0.2) is 0 Å². The summed E-state index contributed by atoms with van der Waals surface area (Å²) in [6, 6.07) is 0. The molecule has 0 aliphatic rings. The van der Waals surface area contributed by atoms with Crippen molar-refractivity contribution in [2.75, 3.05) is 0 Å². The Balaban J connectivity index is -0.0000000427. The van der Waals surface area contributed by atoms with Gasteiger partial charge in [0.2, 0.25) is 0 Å². The molecular weight excluding hydrogens is 460 g/mol. The monoisotopic (exact) mass is 493 g/mol. The summed E-state index contributed by atoms with van der Waals surface area (Å²) in [6.07, 6.45) is 0.